The van der Waals surface area contributed by atoms with Crippen molar-refractivity contribution in [1.29, 1.82) is 0 Å². The van der Waals surface area contributed by atoms with E-state index in [1.165, 1.54) is 32.9 Å². The van der Waals surface area contributed by atoms with Gasteiger partial charge >= 0.3 is 0 Å². The van der Waals surface area contributed by atoms with Gasteiger partial charge in [-0.25, -0.2) is 16.8 Å². The topological polar surface area (TPSA) is 74.8 Å². The summed E-state index contributed by atoms with van der Waals surface area (Å²) in [6.07, 6.45) is 2.75. The normalized spacial score (nSPS) is 20.4. The molecule has 1 atom stereocenters. The largest absolute Gasteiger partial charge is 0.243 e. The van der Waals surface area contributed by atoms with Crippen LogP contribution in [0.2, 0.25) is 0 Å². The van der Waals surface area contributed by atoms with E-state index >= 15 is 0 Å². The summed E-state index contributed by atoms with van der Waals surface area (Å²) < 4.78 is 53.4. The molecule has 1 aliphatic rings. The second kappa shape index (κ2) is 7.51. The van der Waals surface area contributed by atoms with Gasteiger partial charge in [-0.1, -0.05) is 20.3 Å². The van der Waals surface area contributed by atoms with E-state index in [2.05, 4.69) is 0 Å². The van der Waals surface area contributed by atoms with Crippen molar-refractivity contribution < 1.29 is 16.8 Å². The highest BCUT2D eigenvalue weighted by Crippen LogP contribution is 2.26. The standard InChI is InChI=1S/C16H26N2O4S2/c1-4-17(5-2)23(19,20)15-9-11-16(12-10-15)24(21,22)18-13-7-6-8-14(18)3/h9-12,14H,4-8,13H2,1-3H3/t14-/m0/s1. The fraction of sp³-hybridized carbons (Fsp3) is 0.625. The predicted molar refractivity (Wildman–Crippen MR) is 93.8 cm³/mol. The summed E-state index contributed by atoms with van der Waals surface area (Å²) in [4.78, 5) is 0.270. The molecule has 0 radical (unpaired) electrons. The molecule has 1 aromatic rings. The highest BCUT2D eigenvalue weighted by molar-refractivity contribution is 7.89. The third kappa shape index (κ3) is 3.66. The molecular weight excluding hydrogens is 348 g/mol. The third-order valence-electron chi connectivity index (χ3n) is 4.52. The fourth-order valence-corrected chi connectivity index (χ4v) is 6.22. The first-order chi connectivity index (χ1) is 11.2. The number of nitrogens with zero attached hydrogens (tertiary/aromatic N) is 2. The number of hydrogen-bond donors (Lipinski definition) is 0. The van der Waals surface area contributed by atoms with Gasteiger partial charge in [0.15, 0.2) is 0 Å². The number of benzene rings is 1. The van der Waals surface area contributed by atoms with E-state index in [4.69, 9.17) is 0 Å². The minimum absolute atomic E-state index is 0.0252. The van der Waals surface area contributed by atoms with Crippen LogP contribution < -0.4 is 0 Å². The summed E-state index contributed by atoms with van der Waals surface area (Å²) in [6, 6.07) is 5.53. The lowest BCUT2D eigenvalue weighted by atomic mass is 10.1. The van der Waals surface area contributed by atoms with Crippen LogP contribution in [0.15, 0.2) is 34.1 Å². The molecule has 0 spiro atoms. The Labute approximate surface area is 145 Å². The van der Waals surface area contributed by atoms with Crippen LogP contribution in [-0.4, -0.2) is 51.1 Å². The summed E-state index contributed by atoms with van der Waals surface area (Å²) in [7, 11) is -7.15. The van der Waals surface area contributed by atoms with Crippen LogP contribution in [0.4, 0.5) is 0 Å². The molecule has 1 aliphatic heterocycles. The maximum absolute atomic E-state index is 12.8. The molecule has 0 aliphatic carbocycles. The van der Waals surface area contributed by atoms with Crippen molar-refractivity contribution in [3.63, 3.8) is 0 Å². The SMILES string of the molecule is CCN(CC)S(=O)(=O)c1ccc(S(=O)(=O)N2CCCC[C@@H]2C)cc1. The van der Waals surface area contributed by atoms with E-state index in [9.17, 15) is 16.8 Å². The lowest BCUT2D eigenvalue weighted by Crippen LogP contribution is -2.41. The highest BCUT2D eigenvalue weighted by atomic mass is 32.2. The molecular formula is C16H26N2O4S2. The first kappa shape index (κ1) is 19.4. The Bertz CT molecular complexity index is 754. The average Bonchev–Trinajstić information content (AvgIpc) is 2.56. The molecule has 24 heavy (non-hydrogen) atoms. The maximum Gasteiger partial charge on any atom is 0.243 e. The van der Waals surface area contributed by atoms with E-state index in [1.54, 1.807) is 13.8 Å². The van der Waals surface area contributed by atoms with E-state index in [1.807, 2.05) is 6.92 Å². The Kier molecular flexibility index (Phi) is 6.06. The van der Waals surface area contributed by atoms with Gasteiger partial charge in [-0.05, 0) is 44.0 Å². The van der Waals surface area contributed by atoms with Gasteiger partial charge in [-0.2, -0.15) is 8.61 Å². The second-order valence-corrected chi connectivity index (χ2v) is 9.85. The van der Waals surface area contributed by atoms with Gasteiger partial charge < -0.3 is 0 Å². The molecule has 8 heteroatoms. The zero-order valence-electron chi connectivity index (χ0n) is 14.5. The highest BCUT2D eigenvalue weighted by Gasteiger charge is 2.31. The van der Waals surface area contributed by atoms with Gasteiger partial charge in [0.05, 0.1) is 9.79 Å². The summed E-state index contributed by atoms with van der Waals surface area (Å²) in [5.74, 6) is 0. The summed E-state index contributed by atoms with van der Waals surface area (Å²) in [6.45, 7) is 6.74. The molecule has 136 valence electrons. The van der Waals surface area contributed by atoms with E-state index in [0.717, 1.165) is 19.3 Å². The fourth-order valence-electron chi connectivity index (χ4n) is 3.06. The van der Waals surface area contributed by atoms with E-state index in [-0.39, 0.29) is 15.8 Å². The molecule has 6 nitrogen and oxygen atoms in total. The molecule has 0 saturated carbocycles. The van der Waals surface area contributed by atoms with Crippen molar-refractivity contribution in [2.24, 2.45) is 0 Å². The van der Waals surface area contributed by atoms with Crippen molar-refractivity contribution in [1.82, 2.24) is 8.61 Å². The summed E-state index contributed by atoms with van der Waals surface area (Å²) in [5.41, 5.74) is 0. The minimum Gasteiger partial charge on any atom is -0.207 e. The second-order valence-electron chi connectivity index (χ2n) is 6.02. The quantitative estimate of drug-likeness (QED) is 0.766. The molecule has 1 fully saturated rings. The molecule has 0 aromatic heterocycles. The number of sulfonamides is 2. The number of piperidine rings is 1. The number of rotatable bonds is 6. The van der Waals surface area contributed by atoms with Crippen molar-refractivity contribution >= 4 is 20.0 Å². The van der Waals surface area contributed by atoms with Crippen LogP contribution in [0, 0.1) is 0 Å². The van der Waals surface area contributed by atoms with Gasteiger partial charge in [0, 0.05) is 25.7 Å². The molecule has 0 unspecified atom stereocenters. The molecule has 0 bridgehead atoms. The van der Waals surface area contributed by atoms with Crippen LogP contribution in [0.1, 0.15) is 40.0 Å². The zero-order chi connectivity index (χ0) is 18.0. The zero-order valence-corrected chi connectivity index (χ0v) is 16.1. The van der Waals surface area contributed by atoms with Crippen LogP contribution in [0.5, 0.6) is 0 Å². The number of hydrogen-bond acceptors (Lipinski definition) is 4. The van der Waals surface area contributed by atoms with Gasteiger partial charge in [0.1, 0.15) is 0 Å². The Hall–Kier alpha value is -0.960. The monoisotopic (exact) mass is 374 g/mol. The average molecular weight is 375 g/mol. The van der Waals surface area contributed by atoms with Crippen molar-refractivity contribution in [3.05, 3.63) is 24.3 Å². The lowest BCUT2D eigenvalue weighted by Gasteiger charge is -2.32. The Morgan fingerprint density at radius 1 is 1.00 bits per heavy atom. The Balaban J connectivity index is 2.32. The van der Waals surface area contributed by atoms with E-state index in [0.29, 0.717) is 19.6 Å². The van der Waals surface area contributed by atoms with Crippen molar-refractivity contribution in [3.8, 4) is 0 Å². The molecule has 0 amide bonds. The third-order valence-corrected chi connectivity index (χ3v) is 8.61. The van der Waals surface area contributed by atoms with Gasteiger partial charge in [0.2, 0.25) is 20.0 Å². The first-order valence-electron chi connectivity index (χ1n) is 8.37. The summed E-state index contributed by atoms with van der Waals surface area (Å²) in [5, 5.41) is 0. The summed E-state index contributed by atoms with van der Waals surface area (Å²) >= 11 is 0. The Morgan fingerprint density at radius 2 is 1.54 bits per heavy atom. The molecule has 1 saturated heterocycles. The van der Waals surface area contributed by atoms with Crippen LogP contribution >= 0.6 is 0 Å². The Morgan fingerprint density at radius 3 is 2.04 bits per heavy atom. The van der Waals surface area contributed by atoms with Crippen LogP contribution in [-0.2, 0) is 20.0 Å². The molecule has 1 heterocycles. The van der Waals surface area contributed by atoms with Crippen LogP contribution in [0.25, 0.3) is 0 Å². The first-order valence-corrected chi connectivity index (χ1v) is 11.2. The molecule has 2 rings (SSSR count). The minimum atomic E-state index is -3.58. The van der Waals surface area contributed by atoms with Crippen LogP contribution in [0.3, 0.4) is 0 Å². The predicted octanol–water partition coefficient (Wildman–Crippen LogP) is 2.28. The molecule has 1 aromatic carbocycles. The van der Waals surface area contributed by atoms with Gasteiger partial charge in [0.25, 0.3) is 0 Å². The van der Waals surface area contributed by atoms with Gasteiger partial charge in [-0.15, -0.1) is 0 Å². The van der Waals surface area contributed by atoms with Gasteiger partial charge in [-0.3, -0.25) is 0 Å². The lowest BCUT2D eigenvalue weighted by molar-refractivity contribution is 0.268. The van der Waals surface area contributed by atoms with E-state index < -0.39 is 20.0 Å². The van der Waals surface area contributed by atoms with Crippen molar-refractivity contribution in [2.75, 3.05) is 19.6 Å². The molecule has 0 N–H and O–H groups in total. The smallest absolute Gasteiger partial charge is 0.207 e. The maximum atomic E-state index is 12.8. The van der Waals surface area contributed by atoms with Crippen molar-refractivity contribution in [2.45, 2.75) is 55.9 Å².